The first-order chi connectivity index (χ1) is 7.70. The minimum atomic E-state index is -0.173. The molecular formula is C14H30O2. The highest BCUT2D eigenvalue weighted by atomic mass is 16.5. The first kappa shape index (κ1) is 15.9. The van der Waals surface area contributed by atoms with Gasteiger partial charge in [0.2, 0.25) is 0 Å². The van der Waals surface area contributed by atoms with Crippen molar-refractivity contribution in [3.8, 4) is 0 Å². The lowest BCUT2D eigenvalue weighted by atomic mass is 10.0. The molecule has 0 heterocycles. The molecule has 0 aromatic heterocycles. The summed E-state index contributed by atoms with van der Waals surface area (Å²) in [7, 11) is 0. The van der Waals surface area contributed by atoms with Crippen molar-refractivity contribution in [2.45, 2.75) is 84.3 Å². The van der Waals surface area contributed by atoms with Crippen LogP contribution in [-0.2, 0) is 4.74 Å². The van der Waals surface area contributed by atoms with Crippen molar-refractivity contribution in [3.63, 3.8) is 0 Å². The molecule has 0 saturated carbocycles. The van der Waals surface area contributed by atoms with Gasteiger partial charge >= 0.3 is 0 Å². The number of aliphatic hydroxyl groups is 1. The SMILES string of the molecule is CCCCCCCCC(O)CC(C)OCC. The largest absolute Gasteiger partial charge is 0.393 e. The van der Waals surface area contributed by atoms with Gasteiger partial charge in [-0.1, -0.05) is 45.4 Å². The Morgan fingerprint density at radius 2 is 1.62 bits per heavy atom. The van der Waals surface area contributed by atoms with Crippen molar-refractivity contribution in [2.75, 3.05) is 6.61 Å². The van der Waals surface area contributed by atoms with Gasteiger partial charge in [0, 0.05) is 6.61 Å². The molecule has 0 bridgehead atoms. The Labute approximate surface area is 101 Å². The van der Waals surface area contributed by atoms with E-state index >= 15 is 0 Å². The summed E-state index contributed by atoms with van der Waals surface area (Å²) in [6.45, 7) is 7.01. The molecule has 0 aliphatic rings. The van der Waals surface area contributed by atoms with E-state index in [-0.39, 0.29) is 12.2 Å². The zero-order valence-corrected chi connectivity index (χ0v) is 11.4. The maximum atomic E-state index is 9.77. The fourth-order valence-electron chi connectivity index (χ4n) is 2.01. The van der Waals surface area contributed by atoms with Crippen LogP contribution in [0.2, 0.25) is 0 Å². The molecule has 0 aliphatic carbocycles. The maximum absolute atomic E-state index is 9.77. The van der Waals surface area contributed by atoms with Crippen LogP contribution in [0.15, 0.2) is 0 Å². The van der Waals surface area contributed by atoms with Crippen LogP contribution in [0.3, 0.4) is 0 Å². The van der Waals surface area contributed by atoms with E-state index in [0.717, 1.165) is 25.9 Å². The number of ether oxygens (including phenoxy) is 1. The van der Waals surface area contributed by atoms with E-state index in [4.69, 9.17) is 4.74 Å². The molecule has 2 unspecified atom stereocenters. The molecule has 0 aromatic carbocycles. The quantitative estimate of drug-likeness (QED) is 0.545. The van der Waals surface area contributed by atoms with Crippen molar-refractivity contribution < 1.29 is 9.84 Å². The van der Waals surface area contributed by atoms with E-state index in [0.29, 0.717) is 0 Å². The average Bonchev–Trinajstić information content (AvgIpc) is 2.23. The summed E-state index contributed by atoms with van der Waals surface area (Å²) >= 11 is 0. The lowest BCUT2D eigenvalue weighted by Crippen LogP contribution is -2.18. The fourth-order valence-corrected chi connectivity index (χ4v) is 2.01. The van der Waals surface area contributed by atoms with Gasteiger partial charge in [0.25, 0.3) is 0 Å². The molecule has 0 saturated heterocycles. The van der Waals surface area contributed by atoms with Crippen molar-refractivity contribution >= 4 is 0 Å². The Balaban J connectivity index is 3.26. The van der Waals surface area contributed by atoms with Gasteiger partial charge in [0.15, 0.2) is 0 Å². The Hall–Kier alpha value is -0.0800. The standard InChI is InChI=1S/C14H30O2/c1-4-6-7-8-9-10-11-14(15)12-13(3)16-5-2/h13-15H,4-12H2,1-3H3. The molecule has 2 heteroatoms. The van der Waals surface area contributed by atoms with Crippen LogP contribution in [-0.4, -0.2) is 23.9 Å². The van der Waals surface area contributed by atoms with Gasteiger partial charge in [-0.2, -0.15) is 0 Å². The fraction of sp³-hybridized carbons (Fsp3) is 1.00. The number of rotatable bonds is 11. The van der Waals surface area contributed by atoms with Gasteiger partial charge in [0.05, 0.1) is 12.2 Å². The number of aliphatic hydroxyl groups excluding tert-OH is 1. The number of hydrogen-bond donors (Lipinski definition) is 1. The van der Waals surface area contributed by atoms with Crippen molar-refractivity contribution in [2.24, 2.45) is 0 Å². The van der Waals surface area contributed by atoms with E-state index in [1.807, 2.05) is 13.8 Å². The second kappa shape index (κ2) is 11.4. The molecule has 98 valence electrons. The summed E-state index contributed by atoms with van der Waals surface area (Å²) < 4.78 is 5.41. The topological polar surface area (TPSA) is 29.5 Å². The van der Waals surface area contributed by atoms with Gasteiger partial charge in [-0.05, 0) is 26.7 Å². The highest BCUT2D eigenvalue weighted by Gasteiger charge is 2.09. The summed E-state index contributed by atoms with van der Waals surface area (Å²) in [5.41, 5.74) is 0. The normalized spacial score (nSPS) is 15.0. The molecule has 0 spiro atoms. The molecule has 0 radical (unpaired) electrons. The zero-order valence-electron chi connectivity index (χ0n) is 11.4. The van der Waals surface area contributed by atoms with Crippen LogP contribution in [0, 0.1) is 0 Å². The van der Waals surface area contributed by atoms with Crippen LogP contribution in [0.1, 0.15) is 72.1 Å². The minimum absolute atomic E-state index is 0.173. The van der Waals surface area contributed by atoms with Crippen LogP contribution >= 0.6 is 0 Å². The second-order valence-corrected chi connectivity index (χ2v) is 4.71. The van der Waals surface area contributed by atoms with Crippen LogP contribution in [0.5, 0.6) is 0 Å². The highest BCUT2D eigenvalue weighted by molar-refractivity contribution is 4.61. The molecule has 0 rings (SSSR count). The summed E-state index contributed by atoms with van der Waals surface area (Å²) in [5.74, 6) is 0. The lowest BCUT2D eigenvalue weighted by Gasteiger charge is -2.16. The van der Waals surface area contributed by atoms with Crippen molar-refractivity contribution in [1.82, 2.24) is 0 Å². The predicted octanol–water partition coefficient (Wildman–Crippen LogP) is 3.91. The van der Waals surface area contributed by atoms with E-state index < -0.39 is 0 Å². The monoisotopic (exact) mass is 230 g/mol. The smallest absolute Gasteiger partial charge is 0.0571 e. The molecule has 2 nitrogen and oxygen atoms in total. The molecular weight excluding hydrogens is 200 g/mol. The van der Waals surface area contributed by atoms with Gasteiger partial charge in [0.1, 0.15) is 0 Å². The van der Waals surface area contributed by atoms with Gasteiger partial charge in [-0.25, -0.2) is 0 Å². The van der Waals surface area contributed by atoms with Crippen molar-refractivity contribution in [3.05, 3.63) is 0 Å². The van der Waals surface area contributed by atoms with E-state index in [9.17, 15) is 5.11 Å². The number of unbranched alkanes of at least 4 members (excludes halogenated alkanes) is 5. The molecule has 16 heavy (non-hydrogen) atoms. The Bertz CT molecular complexity index is 137. The minimum Gasteiger partial charge on any atom is -0.393 e. The molecule has 2 atom stereocenters. The van der Waals surface area contributed by atoms with Gasteiger partial charge in [-0.3, -0.25) is 0 Å². The molecule has 0 amide bonds. The summed E-state index contributed by atoms with van der Waals surface area (Å²) in [6.07, 6.45) is 9.48. The lowest BCUT2D eigenvalue weighted by molar-refractivity contribution is 0.0280. The Morgan fingerprint density at radius 3 is 2.25 bits per heavy atom. The highest BCUT2D eigenvalue weighted by Crippen LogP contribution is 2.12. The van der Waals surface area contributed by atoms with E-state index in [1.54, 1.807) is 0 Å². The third-order valence-corrected chi connectivity index (χ3v) is 2.95. The predicted molar refractivity (Wildman–Crippen MR) is 69.7 cm³/mol. The van der Waals surface area contributed by atoms with Crippen LogP contribution < -0.4 is 0 Å². The molecule has 1 N–H and O–H groups in total. The number of hydrogen-bond acceptors (Lipinski definition) is 2. The maximum Gasteiger partial charge on any atom is 0.0571 e. The summed E-state index contributed by atoms with van der Waals surface area (Å²) in [5, 5.41) is 9.77. The van der Waals surface area contributed by atoms with Crippen molar-refractivity contribution in [1.29, 1.82) is 0 Å². The van der Waals surface area contributed by atoms with E-state index in [1.165, 1.54) is 32.1 Å². The molecule has 0 aliphatic heterocycles. The Kier molecular flexibility index (Phi) is 11.3. The van der Waals surface area contributed by atoms with Gasteiger partial charge < -0.3 is 9.84 Å². The van der Waals surface area contributed by atoms with Crippen LogP contribution in [0.4, 0.5) is 0 Å². The third kappa shape index (κ3) is 10.4. The third-order valence-electron chi connectivity index (χ3n) is 2.95. The summed E-state index contributed by atoms with van der Waals surface area (Å²) in [4.78, 5) is 0. The zero-order chi connectivity index (χ0) is 12.2. The first-order valence-corrected chi connectivity index (χ1v) is 7.00. The van der Waals surface area contributed by atoms with Crippen LogP contribution in [0.25, 0.3) is 0 Å². The van der Waals surface area contributed by atoms with E-state index in [2.05, 4.69) is 6.92 Å². The molecule has 0 fully saturated rings. The second-order valence-electron chi connectivity index (χ2n) is 4.71. The Morgan fingerprint density at radius 1 is 1.00 bits per heavy atom. The first-order valence-electron chi connectivity index (χ1n) is 7.00. The van der Waals surface area contributed by atoms with Gasteiger partial charge in [-0.15, -0.1) is 0 Å². The molecule has 0 aromatic rings. The average molecular weight is 230 g/mol. The summed E-state index contributed by atoms with van der Waals surface area (Å²) in [6, 6.07) is 0.